The van der Waals surface area contributed by atoms with Crippen molar-refractivity contribution in [1.29, 1.82) is 0 Å². The molecule has 0 atom stereocenters. The predicted molar refractivity (Wildman–Crippen MR) is 112 cm³/mol. The van der Waals surface area contributed by atoms with Crippen LogP contribution in [-0.4, -0.2) is 34.5 Å². The third kappa shape index (κ3) is 2.82. The fourth-order valence-electron chi connectivity index (χ4n) is 3.71. The van der Waals surface area contributed by atoms with Crippen molar-refractivity contribution in [2.24, 2.45) is 0 Å². The lowest BCUT2D eigenvalue weighted by molar-refractivity contribution is 0.0947. The van der Waals surface area contributed by atoms with Gasteiger partial charge in [-0.25, -0.2) is 9.78 Å². The number of amides is 1. The standard InChI is InChI=1S/C20H16ClN5O4/c1-29-17-10(21)3-2-4-12(17)25-15-13-11(6-8-23-19(13)27)24-14(15)9-5-7-22-18-16(9)30-20(28)26-18/h2-5,7,24-25H,6,8H2,1H3,(H,23,27)(H,22,26,28). The molecule has 1 amide bonds. The van der Waals surface area contributed by atoms with Crippen molar-refractivity contribution in [2.45, 2.75) is 6.42 Å². The van der Waals surface area contributed by atoms with Gasteiger partial charge in [0, 0.05) is 30.4 Å². The first-order chi connectivity index (χ1) is 14.6. The number of pyridine rings is 1. The molecule has 4 N–H and O–H groups in total. The van der Waals surface area contributed by atoms with Gasteiger partial charge in [0.2, 0.25) is 0 Å². The number of methoxy groups -OCH3 is 1. The Hall–Kier alpha value is -3.72. The minimum Gasteiger partial charge on any atom is -0.493 e. The largest absolute Gasteiger partial charge is 0.493 e. The summed E-state index contributed by atoms with van der Waals surface area (Å²) in [6.07, 6.45) is 2.19. The van der Waals surface area contributed by atoms with Gasteiger partial charge in [-0.1, -0.05) is 17.7 Å². The number of H-pyrrole nitrogens is 2. The molecule has 1 aliphatic rings. The molecule has 0 saturated heterocycles. The zero-order valence-corrected chi connectivity index (χ0v) is 16.5. The molecule has 0 saturated carbocycles. The number of rotatable bonds is 4. The van der Waals surface area contributed by atoms with Crippen LogP contribution < -0.4 is 21.1 Å². The molecule has 9 nitrogen and oxygen atoms in total. The third-order valence-corrected chi connectivity index (χ3v) is 5.28. The van der Waals surface area contributed by atoms with E-state index in [9.17, 15) is 9.59 Å². The summed E-state index contributed by atoms with van der Waals surface area (Å²) in [4.78, 5) is 34.5. The summed E-state index contributed by atoms with van der Waals surface area (Å²) >= 11 is 6.27. The first-order valence-corrected chi connectivity index (χ1v) is 9.55. The van der Waals surface area contributed by atoms with E-state index in [0.29, 0.717) is 63.2 Å². The highest BCUT2D eigenvalue weighted by atomic mass is 35.5. The van der Waals surface area contributed by atoms with Crippen molar-refractivity contribution < 1.29 is 13.9 Å². The Bertz CT molecular complexity index is 1350. The molecule has 10 heteroatoms. The van der Waals surface area contributed by atoms with Crippen molar-refractivity contribution in [2.75, 3.05) is 19.0 Å². The van der Waals surface area contributed by atoms with Gasteiger partial charge < -0.3 is 24.8 Å². The van der Waals surface area contributed by atoms with E-state index in [1.807, 2.05) is 0 Å². The molecule has 0 fully saturated rings. The maximum Gasteiger partial charge on any atom is 0.418 e. The van der Waals surface area contributed by atoms with Crippen LogP contribution in [0.25, 0.3) is 22.5 Å². The zero-order chi connectivity index (χ0) is 20.8. The predicted octanol–water partition coefficient (Wildman–Crippen LogP) is 3.20. The number of hydrogen-bond acceptors (Lipinski definition) is 6. The maximum absolute atomic E-state index is 12.7. The van der Waals surface area contributed by atoms with Crippen molar-refractivity contribution in [3.05, 3.63) is 57.3 Å². The van der Waals surface area contributed by atoms with E-state index >= 15 is 0 Å². The van der Waals surface area contributed by atoms with Gasteiger partial charge in [-0.2, -0.15) is 0 Å². The molecule has 0 radical (unpaired) electrons. The van der Waals surface area contributed by atoms with E-state index in [1.165, 1.54) is 7.11 Å². The van der Waals surface area contributed by atoms with Gasteiger partial charge in [0.15, 0.2) is 17.0 Å². The SMILES string of the molecule is COc1c(Cl)cccc1Nc1c(-c2ccnc3[nH]c(=O)oc23)[nH]c2c1C(=O)NCC2. The molecule has 1 aliphatic heterocycles. The number of nitrogens with zero attached hydrogens (tertiary/aromatic N) is 1. The molecular formula is C20H16ClN5O4. The van der Waals surface area contributed by atoms with Gasteiger partial charge in [-0.05, 0) is 18.2 Å². The number of aromatic amines is 2. The Morgan fingerprint density at radius 1 is 1.23 bits per heavy atom. The molecule has 3 aromatic heterocycles. The highest BCUT2D eigenvalue weighted by Crippen LogP contribution is 2.41. The first-order valence-electron chi connectivity index (χ1n) is 9.17. The molecule has 0 bridgehead atoms. The quantitative estimate of drug-likeness (QED) is 0.398. The zero-order valence-electron chi connectivity index (χ0n) is 15.8. The van der Waals surface area contributed by atoms with Crippen molar-refractivity contribution >= 4 is 40.1 Å². The van der Waals surface area contributed by atoms with E-state index in [2.05, 4.69) is 25.6 Å². The molecule has 152 valence electrons. The number of nitrogens with one attached hydrogen (secondary N) is 4. The van der Waals surface area contributed by atoms with E-state index in [4.69, 9.17) is 20.8 Å². The number of hydrogen-bond donors (Lipinski definition) is 4. The molecule has 1 aromatic carbocycles. The van der Waals surface area contributed by atoms with Crippen LogP contribution >= 0.6 is 11.6 Å². The average molecular weight is 426 g/mol. The van der Waals surface area contributed by atoms with Gasteiger partial charge in [0.25, 0.3) is 5.91 Å². The number of carbonyl (C=O) groups excluding carboxylic acids is 1. The summed E-state index contributed by atoms with van der Waals surface area (Å²) in [6, 6.07) is 7.01. The molecule has 0 unspecified atom stereocenters. The number of aromatic nitrogens is 3. The minimum absolute atomic E-state index is 0.205. The second kappa shape index (κ2) is 6.96. The number of halogens is 1. The summed E-state index contributed by atoms with van der Waals surface area (Å²) in [7, 11) is 1.52. The number of ether oxygens (including phenoxy) is 1. The molecule has 0 spiro atoms. The topological polar surface area (TPSA) is 125 Å². The summed E-state index contributed by atoms with van der Waals surface area (Å²) in [5, 5.41) is 6.58. The number of carbonyl (C=O) groups is 1. The third-order valence-electron chi connectivity index (χ3n) is 4.99. The van der Waals surface area contributed by atoms with Crippen LogP contribution in [0.4, 0.5) is 11.4 Å². The molecule has 30 heavy (non-hydrogen) atoms. The highest BCUT2D eigenvalue weighted by molar-refractivity contribution is 6.32. The Kier molecular flexibility index (Phi) is 4.25. The summed E-state index contributed by atoms with van der Waals surface area (Å²) in [5.74, 6) is -0.363. The Balaban J connectivity index is 1.76. The van der Waals surface area contributed by atoms with E-state index in [1.54, 1.807) is 30.5 Å². The van der Waals surface area contributed by atoms with Crippen LogP contribution in [0, 0.1) is 0 Å². The van der Waals surface area contributed by atoms with Gasteiger partial charge >= 0.3 is 5.76 Å². The van der Waals surface area contributed by atoms with Crippen LogP contribution in [0.5, 0.6) is 5.75 Å². The molecule has 4 aromatic rings. The van der Waals surface area contributed by atoms with E-state index in [-0.39, 0.29) is 5.91 Å². The molecule has 5 rings (SSSR count). The number of para-hydroxylation sites is 1. The lowest BCUT2D eigenvalue weighted by atomic mass is 10.0. The Labute approximate surface area is 174 Å². The molecule has 0 aliphatic carbocycles. The van der Waals surface area contributed by atoms with Crippen LogP contribution in [0.1, 0.15) is 16.1 Å². The lowest BCUT2D eigenvalue weighted by Gasteiger charge is -2.17. The second-order valence-electron chi connectivity index (χ2n) is 6.73. The monoisotopic (exact) mass is 425 g/mol. The molecular weight excluding hydrogens is 410 g/mol. The summed E-state index contributed by atoms with van der Waals surface area (Å²) in [6.45, 7) is 0.525. The first kappa shape index (κ1) is 18.3. The van der Waals surface area contributed by atoms with Gasteiger partial charge in [0.1, 0.15) is 0 Å². The normalized spacial score (nSPS) is 13.2. The lowest BCUT2D eigenvalue weighted by Crippen LogP contribution is -2.31. The van der Waals surface area contributed by atoms with Crippen LogP contribution in [-0.2, 0) is 6.42 Å². The summed E-state index contributed by atoms with van der Waals surface area (Å²) < 4.78 is 10.7. The number of fused-ring (bicyclic) bond motifs is 2. The fourth-order valence-corrected chi connectivity index (χ4v) is 3.96. The maximum atomic E-state index is 12.7. The number of benzene rings is 1. The van der Waals surface area contributed by atoms with Crippen LogP contribution in [0.15, 0.2) is 39.7 Å². The summed E-state index contributed by atoms with van der Waals surface area (Å²) in [5.41, 5.74) is 4.18. The van der Waals surface area contributed by atoms with Crippen molar-refractivity contribution in [3.63, 3.8) is 0 Å². The Morgan fingerprint density at radius 3 is 2.93 bits per heavy atom. The van der Waals surface area contributed by atoms with Gasteiger partial charge in [0.05, 0.1) is 34.8 Å². The molecule has 4 heterocycles. The van der Waals surface area contributed by atoms with E-state index in [0.717, 1.165) is 5.69 Å². The van der Waals surface area contributed by atoms with Gasteiger partial charge in [-0.15, -0.1) is 0 Å². The minimum atomic E-state index is -0.606. The number of anilines is 2. The number of oxazole rings is 1. The van der Waals surface area contributed by atoms with Crippen LogP contribution in [0.3, 0.4) is 0 Å². The highest BCUT2D eigenvalue weighted by Gasteiger charge is 2.29. The van der Waals surface area contributed by atoms with Gasteiger partial charge in [-0.3, -0.25) is 9.78 Å². The average Bonchev–Trinajstić information content (AvgIpc) is 3.28. The van der Waals surface area contributed by atoms with E-state index < -0.39 is 5.76 Å². The second-order valence-corrected chi connectivity index (χ2v) is 7.14. The van der Waals surface area contributed by atoms with Crippen molar-refractivity contribution in [3.8, 4) is 17.0 Å². The van der Waals surface area contributed by atoms with Crippen molar-refractivity contribution in [1.82, 2.24) is 20.3 Å². The fraction of sp³-hybridized carbons (Fsp3) is 0.150. The van der Waals surface area contributed by atoms with Crippen LogP contribution in [0.2, 0.25) is 5.02 Å². The smallest absolute Gasteiger partial charge is 0.418 e. The Morgan fingerprint density at radius 2 is 2.10 bits per heavy atom.